The number of carbonyl (C=O) groups is 1. The van der Waals surface area contributed by atoms with Gasteiger partial charge in [0, 0.05) is 12.2 Å². The molecule has 0 radical (unpaired) electrons. The van der Waals surface area contributed by atoms with Crippen molar-refractivity contribution < 1.29 is 4.79 Å². The van der Waals surface area contributed by atoms with E-state index in [9.17, 15) is 14.4 Å². The van der Waals surface area contributed by atoms with Crippen molar-refractivity contribution in [2.24, 2.45) is 0 Å². The second kappa shape index (κ2) is 4.13. The summed E-state index contributed by atoms with van der Waals surface area (Å²) in [6.07, 6.45) is 3.12. The first-order chi connectivity index (χ1) is 7.56. The largest absolute Gasteiger partial charge is 0.352 e. The molecule has 0 aromatic carbocycles. The molecule has 1 heterocycles. The van der Waals surface area contributed by atoms with Crippen molar-refractivity contribution in [2.45, 2.75) is 25.4 Å². The van der Waals surface area contributed by atoms with E-state index in [1.54, 1.807) is 0 Å². The maximum absolute atomic E-state index is 11.4. The van der Waals surface area contributed by atoms with Crippen molar-refractivity contribution in [1.82, 2.24) is 14.9 Å². The summed E-state index contributed by atoms with van der Waals surface area (Å²) in [5, 5.41) is 2.62. The highest BCUT2D eigenvalue weighted by Gasteiger charge is 2.23. The number of hydrogen-bond donors (Lipinski definition) is 2. The number of aromatic nitrogens is 2. The number of H-pyrrole nitrogens is 1. The molecule has 7 heteroatoms. The highest BCUT2D eigenvalue weighted by Crippen LogP contribution is 2.18. The zero-order chi connectivity index (χ0) is 11.7. The van der Waals surface area contributed by atoms with Crippen LogP contribution < -0.4 is 16.6 Å². The SMILES string of the molecule is O=C(Cn1cc(Cl)c(=O)[nH]c1=O)NC1CC1. The molecular formula is C9H10ClN3O3. The predicted molar refractivity (Wildman–Crippen MR) is 57.5 cm³/mol. The molecule has 1 aromatic rings. The van der Waals surface area contributed by atoms with E-state index in [1.165, 1.54) is 0 Å². The highest BCUT2D eigenvalue weighted by atomic mass is 35.5. The van der Waals surface area contributed by atoms with E-state index in [1.807, 2.05) is 4.98 Å². The van der Waals surface area contributed by atoms with Gasteiger partial charge in [-0.3, -0.25) is 19.1 Å². The molecule has 1 aliphatic carbocycles. The fourth-order valence-corrected chi connectivity index (χ4v) is 1.42. The average molecular weight is 244 g/mol. The molecule has 2 rings (SSSR count). The Bertz CT molecular complexity index is 530. The Hall–Kier alpha value is -1.56. The molecular weight excluding hydrogens is 234 g/mol. The van der Waals surface area contributed by atoms with Gasteiger partial charge in [0.05, 0.1) is 0 Å². The van der Waals surface area contributed by atoms with Gasteiger partial charge >= 0.3 is 5.69 Å². The molecule has 1 aromatic heterocycles. The first-order valence-electron chi connectivity index (χ1n) is 4.85. The van der Waals surface area contributed by atoms with Crippen molar-refractivity contribution in [3.8, 4) is 0 Å². The Morgan fingerprint density at radius 2 is 2.25 bits per heavy atom. The Balaban J connectivity index is 2.14. The van der Waals surface area contributed by atoms with Crippen LogP contribution >= 0.6 is 11.6 Å². The molecule has 0 saturated heterocycles. The van der Waals surface area contributed by atoms with Gasteiger partial charge in [-0.05, 0) is 12.8 Å². The quantitative estimate of drug-likeness (QED) is 0.749. The summed E-state index contributed by atoms with van der Waals surface area (Å²) in [6, 6.07) is 0.237. The van der Waals surface area contributed by atoms with Gasteiger partial charge < -0.3 is 5.32 Å². The van der Waals surface area contributed by atoms with E-state index in [0.717, 1.165) is 23.6 Å². The third kappa shape index (κ3) is 2.52. The fraction of sp³-hybridized carbons (Fsp3) is 0.444. The third-order valence-corrected chi connectivity index (χ3v) is 2.49. The predicted octanol–water partition coefficient (Wildman–Crippen LogP) is -0.531. The summed E-state index contributed by atoms with van der Waals surface area (Å²) in [7, 11) is 0. The van der Waals surface area contributed by atoms with E-state index in [2.05, 4.69) is 5.32 Å². The van der Waals surface area contributed by atoms with Crippen LogP contribution in [0.15, 0.2) is 15.8 Å². The van der Waals surface area contributed by atoms with Crippen LogP contribution in [0.5, 0.6) is 0 Å². The van der Waals surface area contributed by atoms with Gasteiger partial charge in [0.25, 0.3) is 5.56 Å². The van der Waals surface area contributed by atoms with Crippen LogP contribution in [0, 0.1) is 0 Å². The second-order valence-electron chi connectivity index (χ2n) is 3.71. The van der Waals surface area contributed by atoms with E-state index < -0.39 is 11.2 Å². The Kier molecular flexibility index (Phi) is 2.82. The maximum atomic E-state index is 11.4. The van der Waals surface area contributed by atoms with E-state index in [0.29, 0.717) is 0 Å². The van der Waals surface area contributed by atoms with Crippen LogP contribution in [0.2, 0.25) is 5.02 Å². The smallest absolute Gasteiger partial charge is 0.328 e. The van der Waals surface area contributed by atoms with Gasteiger partial charge in [0.2, 0.25) is 5.91 Å². The Morgan fingerprint density at radius 1 is 1.56 bits per heavy atom. The molecule has 0 unspecified atom stereocenters. The lowest BCUT2D eigenvalue weighted by atomic mass is 10.5. The number of nitrogens with zero attached hydrogens (tertiary/aromatic N) is 1. The highest BCUT2D eigenvalue weighted by molar-refractivity contribution is 6.30. The van der Waals surface area contributed by atoms with Gasteiger partial charge in [0.15, 0.2) is 0 Å². The molecule has 1 fully saturated rings. The number of rotatable bonds is 3. The summed E-state index contributed by atoms with van der Waals surface area (Å²) < 4.78 is 1.07. The lowest BCUT2D eigenvalue weighted by Crippen LogP contribution is -2.36. The van der Waals surface area contributed by atoms with Crippen LogP contribution in [0.4, 0.5) is 0 Å². The normalized spacial score (nSPS) is 14.8. The van der Waals surface area contributed by atoms with Crippen LogP contribution in [-0.2, 0) is 11.3 Å². The lowest BCUT2D eigenvalue weighted by molar-refractivity contribution is -0.121. The zero-order valence-electron chi connectivity index (χ0n) is 8.33. The van der Waals surface area contributed by atoms with Gasteiger partial charge in [-0.2, -0.15) is 0 Å². The summed E-state index contributed by atoms with van der Waals surface area (Å²) in [6.45, 7) is -0.133. The molecule has 0 aliphatic heterocycles. The molecule has 1 saturated carbocycles. The first kappa shape index (κ1) is 10.9. The zero-order valence-corrected chi connectivity index (χ0v) is 9.08. The van der Waals surface area contributed by atoms with Gasteiger partial charge in [-0.15, -0.1) is 0 Å². The molecule has 0 atom stereocenters. The third-order valence-electron chi connectivity index (χ3n) is 2.22. The molecule has 2 N–H and O–H groups in total. The molecule has 1 amide bonds. The van der Waals surface area contributed by atoms with Gasteiger partial charge in [-0.1, -0.05) is 11.6 Å². The van der Waals surface area contributed by atoms with Crippen LogP contribution in [0.3, 0.4) is 0 Å². The van der Waals surface area contributed by atoms with E-state index in [-0.39, 0.29) is 23.5 Å². The standard InChI is InChI=1S/C9H10ClN3O3/c10-6-3-13(9(16)12-8(6)15)4-7(14)11-5-1-2-5/h3,5H,1-2,4H2,(H,11,14)(H,12,15,16). The molecule has 6 nitrogen and oxygen atoms in total. The van der Waals surface area contributed by atoms with Crippen molar-refractivity contribution in [2.75, 3.05) is 0 Å². The summed E-state index contributed by atoms with van der Waals surface area (Å²) >= 11 is 5.55. The van der Waals surface area contributed by atoms with Crippen LogP contribution in [-0.4, -0.2) is 21.5 Å². The number of nitrogens with one attached hydrogen (secondary N) is 2. The number of hydrogen-bond acceptors (Lipinski definition) is 3. The Labute approximate surface area is 95.2 Å². The number of carbonyl (C=O) groups excluding carboxylic acids is 1. The number of aromatic amines is 1. The van der Waals surface area contributed by atoms with Gasteiger partial charge in [0.1, 0.15) is 11.6 Å². The summed E-state index contributed by atoms with van der Waals surface area (Å²) in [5.41, 5.74) is -1.29. The first-order valence-corrected chi connectivity index (χ1v) is 5.22. The molecule has 1 aliphatic rings. The van der Waals surface area contributed by atoms with Crippen molar-refractivity contribution in [3.05, 3.63) is 32.1 Å². The Morgan fingerprint density at radius 3 is 2.88 bits per heavy atom. The molecule has 0 spiro atoms. The summed E-state index contributed by atoms with van der Waals surface area (Å²) in [5.74, 6) is -0.257. The lowest BCUT2D eigenvalue weighted by Gasteiger charge is -2.05. The minimum Gasteiger partial charge on any atom is -0.352 e. The fourth-order valence-electron chi connectivity index (χ4n) is 1.26. The molecule has 0 bridgehead atoms. The maximum Gasteiger partial charge on any atom is 0.328 e. The van der Waals surface area contributed by atoms with Gasteiger partial charge in [-0.25, -0.2) is 4.79 Å². The van der Waals surface area contributed by atoms with E-state index in [4.69, 9.17) is 11.6 Å². The van der Waals surface area contributed by atoms with Crippen LogP contribution in [0.25, 0.3) is 0 Å². The van der Waals surface area contributed by atoms with Crippen molar-refractivity contribution in [3.63, 3.8) is 0 Å². The minimum absolute atomic E-state index is 0.112. The topological polar surface area (TPSA) is 84.0 Å². The van der Waals surface area contributed by atoms with E-state index >= 15 is 0 Å². The molecule has 16 heavy (non-hydrogen) atoms. The number of amides is 1. The summed E-state index contributed by atoms with van der Waals surface area (Å²) in [4.78, 5) is 35.7. The minimum atomic E-state index is -0.648. The number of halogens is 1. The average Bonchev–Trinajstić information content (AvgIpc) is 2.98. The molecule has 86 valence electrons. The van der Waals surface area contributed by atoms with Crippen molar-refractivity contribution in [1.29, 1.82) is 0 Å². The monoisotopic (exact) mass is 243 g/mol. The van der Waals surface area contributed by atoms with Crippen LogP contribution in [0.1, 0.15) is 12.8 Å². The second-order valence-corrected chi connectivity index (χ2v) is 4.11. The van der Waals surface area contributed by atoms with Crippen molar-refractivity contribution >= 4 is 17.5 Å².